The first-order chi connectivity index (χ1) is 12.5. The minimum Gasteiger partial charge on any atom is -0.491 e. The Bertz CT molecular complexity index is 772. The Morgan fingerprint density at radius 2 is 1.96 bits per heavy atom. The molecule has 1 aromatic heterocycles. The van der Waals surface area contributed by atoms with Gasteiger partial charge in [0.1, 0.15) is 11.4 Å². The van der Waals surface area contributed by atoms with Gasteiger partial charge in [-0.25, -0.2) is 0 Å². The van der Waals surface area contributed by atoms with Crippen LogP contribution in [0.25, 0.3) is 11.4 Å². The van der Waals surface area contributed by atoms with Crippen molar-refractivity contribution in [3.63, 3.8) is 0 Å². The van der Waals surface area contributed by atoms with Crippen LogP contribution in [0, 0.1) is 0 Å². The SMILES string of the molecule is COCCNC(=O)CCc1nnc(-c2ccc(OC(C)C)cc2)[nH]c1=O. The van der Waals surface area contributed by atoms with Crippen LogP contribution < -0.4 is 15.6 Å². The molecule has 0 bridgehead atoms. The van der Waals surface area contributed by atoms with Crippen LogP contribution in [0.3, 0.4) is 0 Å². The van der Waals surface area contributed by atoms with E-state index in [0.29, 0.717) is 19.0 Å². The van der Waals surface area contributed by atoms with Crippen LogP contribution in [-0.4, -0.2) is 47.5 Å². The van der Waals surface area contributed by atoms with E-state index in [1.807, 2.05) is 26.0 Å². The third-order valence-corrected chi connectivity index (χ3v) is 3.48. The highest BCUT2D eigenvalue weighted by molar-refractivity contribution is 5.76. The minimum absolute atomic E-state index is 0.0893. The zero-order valence-corrected chi connectivity index (χ0v) is 15.2. The largest absolute Gasteiger partial charge is 0.491 e. The van der Waals surface area contributed by atoms with Crippen LogP contribution >= 0.6 is 0 Å². The number of H-pyrrole nitrogens is 1. The van der Waals surface area contributed by atoms with Gasteiger partial charge in [0.05, 0.1) is 12.7 Å². The van der Waals surface area contributed by atoms with Gasteiger partial charge in [-0.1, -0.05) is 0 Å². The predicted octanol–water partition coefficient (Wildman–Crippen LogP) is 1.31. The lowest BCUT2D eigenvalue weighted by molar-refractivity contribution is -0.121. The van der Waals surface area contributed by atoms with E-state index in [1.54, 1.807) is 19.2 Å². The maximum atomic E-state index is 12.2. The van der Waals surface area contributed by atoms with Crippen LogP contribution in [0.4, 0.5) is 0 Å². The van der Waals surface area contributed by atoms with Crippen LogP contribution in [0.1, 0.15) is 26.0 Å². The fraction of sp³-hybridized carbons (Fsp3) is 0.444. The van der Waals surface area contributed by atoms with Gasteiger partial charge in [-0.15, -0.1) is 10.2 Å². The number of carbonyl (C=O) groups is 1. The first-order valence-electron chi connectivity index (χ1n) is 8.48. The molecule has 0 saturated heterocycles. The smallest absolute Gasteiger partial charge is 0.273 e. The second-order valence-corrected chi connectivity index (χ2v) is 5.98. The number of aromatic nitrogens is 3. The van der Waals surface area contributed by atoms with E-state index in [-0.39, 0.29) is 36.1 Å². The van der Waals surface area contributed by atoms with Gasteiger partial charge in [-0.3, -0.25) is 9.59 Å². The minimum atomic E-state index is -0.345. The molecule has 0 radical (unpaired) electrons. The first kappa shape index (κ1) is 19.6. The molecule has 0 saturated carbocycles. The van der Waals surface area contributed by atoms with Crippen LogP contribution in [0.5, 0.6) is 5.75 Å². The maximum absolute atomic E-state index is 12.2. The molecule has 0 unspecified atom stereocenters. The Morgan fingerprint density at radius 1 is 1.23 bits per heavy atom. The summed E-state index contributed by atoms with van der Waals surface area (Å²) in [4.78, 5) is 26.5. The lowest BCUT2D eigenvalue weighted by atomic mass is 10.2. The molecule has 26 heavy (non-hydrogen) atoms. The highest BCUT2D eigenvalue weighted by Crippen LogP contribution is 2.19. The molecule has 8 heteroatoms. The van der Waals surface area contributed by atoms with E-state index in [4.69, 9.17) is 9.47 Å². The molecule has 2 N–H and O–H groups in total. The third kappa shape index (κ3) is 5.96. The molecule has 0 aliphatic carbocycles. The zero-order valence-electron chi connectivity index (χ0n) is 15.2. The highest BCUT2D eigenvalue weighted by Gasteiger charge is 2.09. The molecule has 140 valence electrons. The van der Waals surface area contributed by atoms with E-state index in [0.717, 1.165) is 11.3 Å². The molecule has 8 nitrogen and oxygen atoms in total. The van der Waals surface area contributed by atoms with Crippen molar-refractivity contribution < 1.29 is 14.3 Å². The van der Waals surface area contributed by atoms with Gasteiger partial charge in [0.2, 0.25) is 5.91 Å². The number of aromatic amines is 1. The van der Waals surface area contributed by atoms with Crippen molar-refractivity contribution in [2.24, 2.45) is 0 Å². The average molecular weight is 360 g/mol. The number of carbonyl (C=O) groups excluding carboxylic acids is 1. The van der Waals surface area contributed by atoms with E-state index < -0.39 is 0 Å². The normalized spacial score (nSPS) is 10.8. The molecule has 0 aliphatic rings. The van der Waals surface area contributed by atoms with Crippen molar-refractivity contribution in [3.05, 3.63) is 40.3 Å². The van der Waals surface area contributed by atoms with Gasteiger partial charge >= 0.3 is 0 Å². The summed E-state index contributed by atoms with van der Waals surface area (Å²) in [6.45, 7) is 4.79. The summed E-state index contributed by atoms with van der Waals surface area (Å²) in [5, 5.41) is 10.7. The van der Waals surface area contributed by atoms with Gasteiger partial charge in [-0.2, -0.15) is 0 Å². The summed E-state index contributed by atoms with van der Waals surface area (Å²) < 4.78 is 10.4. The predicted molar refractivity (Wildman–Crippen MR) is 97.1 cm³/mol. The molecule has 0 aliphatic heterocycles. The Morgan fingerprint density at radius 3 is 2.58 bits per heavy atom. The lowest BCUT2D eigenvalue weighted by Crippen LogP contribution is -2.28. The van der Waals surface area contributed by atoms with Crippen molar-refractivity contribution in [2.75, 3.05) is 20.3 Å². The van der Waals surface area contributed by atoms with Crippen molar-refractivity contribution in [1.29, 1.82) is 0 Å². The maximum Gasteiger partial charge on any atom is 0.273 e. The number of benzene rings is 1. The fourth-order valence-electron chi connectivity index (χ4n) is 2.23. The zero-order chi connectivity index (χ0) is 18.9. The summed E-state index contributed by atoms with van der Waals surface area (Å²) in [6.07, 6.45) is 0.483. The fourth-order valence-corrected chi connectivity index (χ4v) is 2.23. The van der Waals surface area contributed by atoms with Gasteiger partial charge in [0, 0.05) is 32.1 Å². The molecule has 1 amide bonds. The van der Waals surface area contributed by atoms with Crippen LogP contribution in [0.2, 0.25) is 0 Å². The van der Waals surface area contributed by atoms with Crippen LogP contribution in [-0.2, 0) is 16.0 Å². The molecule has 1 heterocycles. The molecule has 0 spiro atoms. The topological polar surface area (TPSA) is 106 Å². The first-order valence-corrected chi connectivity index (χ1v) is 8.48. The van der Waals surface area contributed by atoms with E-state index in [9.17, 15) is 9.59 Å². The van der Waals surface area contributed by atoms with Gasteiger partial charge in [0.15, 0.2) is 5.82 Å². The quantitative estimate of drug-likeness (QED) is 0.653. The van der Waals surface area contributed by atoms with Gasteiger partial charge in [-0.05, 0) is 38.1 Å². The standard InChI is InChI=1S/C18H24N4O4/c1-12(2)26-14-6-4-13(5-7-14)17-20-18(24)15(21-22-17)8-9-16(23)19-10-11-25-3/h4-7,12H,8-11H2,1-3H3,(H,19,23)(H,20,22,24). The third-order valence-electron chi connectivity index (χ3n) is 3.48. The van der Waals surface area contributed by atoms with E-state index in [2.05, 4.69) is 20.5 Å². The molecule has 2 aromatic rings. The summed E-state index contributed by atoms with van der Waals surface area (Å²) in [5.41, 5.74) is 0.618. The van der Waals surface area contributed by atoms with Crippen molar-refractivity contribution in [3.8, 4) is 17.1 Å². The molecular weight excluding hydrogens is 336 g/mol. The lowest BCUT2D eigenvalue weighted by Gasteiger charge is -2.09. The number of amides is 1. The molecule has 1 aromatic carbocycles. The number of hydrogen-bond donors (Lipinski definition) is 2. The van der Waals surface area contributed by atoms with Crippen molar-refractivity contribution >= 4 is 5.91 Å². The monoisotopic (exact) mass is 360 g/mol. The number of rotatable bonds is 9. The molecular formula is C18H24N4O4. The average Bonchev–Trinajstić information content (AvgIpc) is 2.61. The Hall–Kier alpha value is -2.74. The summed E-state index contributed by atoms with van der Waals surface area (Å²) in [6, 6.07) is 7.24. The molecule has 2 rings (SSSR count). The number of nitrogens with zero attached hydrogens (tertiary/aromatic N) is 2. The Kier molecular flexibility index (Phi) is 7.28. The number of aryl methyl sites for hydroxylation is 1. The molecule has 0 fully saturated rings. The van der Waals surface area contributed by atoms with Crippen molar-refractivity contribution in [2.45, 2.75) is 32.8 Å². The summed E-state index contributed by atoms with van der Waals surface area (Å²) in [5.74, 6) is 0.961. The van der Waals surface area contributed by atoms with E-state index in [1.165, 1.54) is 0 Å². The highest BCUT2D eigenvalue weighted by atomic mass is 16.5. The van der Waals surface area contributed by atoms with Gasteiger partial charge in [0.25, 0.3) is 5.56 Å². The number of methoxy groups -OCH3 is 1. The molecule has 0 atom stereocenters. The number of nitrogens with one attached hydrogen (secondary N) is 2. The Balaban J connectivity index is 1.98. The van der Waals surface area contributed by atoms with Crippen LogP contribution in [0.15, 0.2) is 29.1 Å². The second-order valence-electron chi connectivity index (χ2n) is 5.98. The summed E-state index contributed by atoms with van der Waals surface area (Å²) in [7, 11) is 1.56. The second kappa shape index (κ2) is 9.67. The van der Waals surface area contributed by atoms with E-state index >= 15 is 0 Å². The van der Waals surface area contributed by atoms with Crippen molar-refractivity contribution in [1.82, 2.24) is 20.5 Å². The number of ether oxygens (including phenoxy) is 2. The summed E-state index contributed by atoms with van der Waals surface area (Å²) >= 11 is 0. The Labute approximate surface area is 152 Å². The number of hydrogen-bond acceptors (Lipinski definition) is 6. The van der Waals surface area contributed by atoms with Gasteiger partial charge < -0.3 is 19.8 Å².